The Morgan fingerprint density at radius 1 is 1.44 bits per heavy atom. The Balaban J connectivity index is 2.27. The first kappa shape index (κ1) is 13.8. The molecule has 1 fully saturated rings. The van der Waals surface area contributed by atoms with Crippen LogP contribution in [0, 0.1) is 17.7 Å². The van der Waals surface area contributed by atoms with Gasteiger partial charge in [0.2, 0.25) is 0 Å². The van der Waals surface area contributed by atoms with Gasteiger partial charge in [-0.1, -0.05) is 44.4 Å². The zero-order valence-electron chi connectivity index (χ0n) is 11.0. The van der Waals surface area contributed by atoms with Gasteiger partial charge < -0.3 is 5.73 Å². The first-order valence-corrected chi connectivity index (χ1v) is 7.03. The molecule has 0 heterocycles. The Labute approximate surface area is 114 Å². The highest BCUT2D eigenvalue weighted by atomic mass is 35.5. The van der Waals surface area contributed by atoms with Crippen molar-refractivity contribution in [3.8, 4) is 0 Å². The number of benzene rings is 1. The van der Waals surface area contributed by atoms with Crippen molar-refractivity contribution in [2.45, 2.75) is 45.1 Å². The van der Waals surface area contributed by atoms with Crippen molar-refractivity contribution in [3.63, 3.8) is 0 Å². The fourth-order valence-electron chi connectivity index (χ4n) is 3.08. The van der Waals surface area contributed by atoms with E-state index < -0.39 is 0 Å². The van der Waals surface area contributed by atoms with Gasteiger partial charge in [-0.15, -0.1) is 0 Å². The molecule has 0 saturated heterocycles. The summed E-state index contributed by atoms with van der Waals surface area (Å²) in [5.74, 6) is 0.744. The van der Waals surface area contributed by atoms with Gasteiger partial charge in [-0.05, 0) is 36.8 Å². The van der Waals surface area contributed by atoms with E-state index in [0.717, 1.165) is 12.8 Å². The van der Waals surface area contributed by atoms with Crippen molar-refractivity contribution >= 4 is 11.6 Å². The van der Waals surface area contributed by atoms with Gasteiger partial charge in [0.15, 0.2) is 0 Å². The summed E-state index contributed by atoms with van der Waals surface area (Å²) in [5.41, 5.74) is 6.78. The van der Waals surface area contributed by atoms with E-state index >= 15 is 0 Å². The Bertz CT molecular complexity index is 414. The number of hydrogen-bond acceptors (Lipinski definition) is 1. The van der Waals surface area contributed by atoms with Crippen LogP contribution in [-0.2, 0) is 6.42 Å². The Kier molecular flexibility index (Phi) is 3.98. The van der Waals surface area contributed by atoms with Crippen LogP contribution in [0.1, 0.15) is 38.7 Å². The molecule has 3 heteroatoms. The van der Waals surface area contributed by atoms with Crippen LogP contribution < -0.4 is 5.73 Å². The van der Waals surface area contributed by atoms with E-state index in [2.05, 4.69) is 13.8 Å². The first-order chi connectivity index (χ1) is 8.44. The van der Waals surface area contributed by atoms with Crippen LogP contribution in [0.25, 0.3) is 0 Å². The molecule has 1 saturated carbocycles. The topological polar surface area (TPSA) is 26.0 Å². The average molecular weight is 270 g/mol. The predicted octanol–water partition coefficient (Wildman–Crippen LogP) is 4.18. The minimum atomic E-state index is -0.330. The molecule has 0 radical (unpaired) electrons. The molecule has 1 nitrogen and oxygen atoms in total. The third-order valence-corrected chi connectivity index (χ3v) is 4.98. The van der Waals surface area contributed by atoms with Crippen molar-refractivity contribution < 1.29 is 4.39 Å². The summed E-state index contributed by atoms with van der Waals surface area (Å²) in [6, 6.07) is 4.83. The fraction of sp³-hybridized carbons (Fsp3) is 0.600. The number of hydrogen-bond donors (Lipinski definition) is 1. The molecule has 1 aliphatic carbocycles. The van der Waals surface area contributed by atoms with E-state index in [4.69, 9.17) is 17.3 Å². The van der Waals surface area contributed by atoms with Crippen LogP contribution >= 0.6 is 11.6 Å². The van der Waals surface area contributed by atoms with Crippen LogP contribution in [-0.4, -0.2) is 5.54 Å². The molecule has 3 atom stereocenters. The normalized spacial score (nSPS) is 32.5. The molecule has 1 aromatic rings. The number of halogens is 2. The van der Waals surface area contributed by atoms with Crippen molar-refractivity contribution in [2.24, 2.45) is 17.6 Å². The largest absolute Gasteiger partial charge is 0.325 e. The van der Waals surface area contributed by atoms with E-state index in [-0.39, 0.29) is 11.4 Å². The highest BCUT2D eigenvalue weighted by molar-refractivity contribution is 6.31. The van der Waals surface area contributed by atoms with Gasteiger partial charge in [-0.25, -0.2) is 4.39 Å². The van der Waals surface area contributed by atoms with Crippen LogP contribution in [0.5, 0.6) is 0 Å². The highest BCUT2D eigenvalue weighted by Gasteiger charge is 2.39. The molecule has 3 unspecified atom stereocenters. The minimum absolute atomic E-state index is 0.238. The predicted molar refractivity (Wildman–Crippen MR) is 74.2 cm³/mol. The lowest BCUT2D eigenvalue weighted by atomic mass is 9.66. The summed E-state index contributed by atoms with van der Waals surface area (Å²) in [5, 5.41) is 0.491. The third kappa shape index (κ3) is 2.55. The number of nitrogens with two attached hydrogens (primary N) is 1. The lowest BCUT2D eigenvalue weighted by Gasteiger charge is -2.43. The summed E-state index contributed by atoms with van der Waals surface area (Å²) < 4.78 is 13.9. The highest BCUT2D eigenvalue weighted by Crippen LogP contribution is 2.39. The van der Waals surface area contributed by atoms with Gasteiger partial charge >= 0.3 is 0 Å². The molecule has 1 aliphatic rings. The molecule has 18 heavy (non-hydrogen) atoms. The summed E-state index contributed by atoms with van der Waals surface area (Å²) in [7, 11) is 0. The molecule has 2 N–H and O–H groups in total. The lowest BCUT2D eigenvalue weighted by molar-refractivity contribution is 0.142. The molecule has 2 rings (SSSR count). The summed E-state index contributed by atoms with van der Waals surface area (Å²) in [6.07, 6.45) is 3.81. The molecule has 0 bridgehead atoms. The lowest BCUT2D eigenvalue weighted by Crippen LogP contribution is -2.52. The van der Waals surface area contributed by atoms with E-state index in [1.54, 1.807) is 12.1 Å². The van der Waals surface area contributed by atoms with Crippen LogP contribution in [0.15, 0.2) is 18.2 Å². The standard InChI is InChI=1S/C15H21ClFN/c1-10-5-4-8-15(18,11(10)2)9-12-13(16)6-3-7-14(12)17/h3,6-7,10-11H,4-5,8-9,18H2,1-2H3. The van der Waals surface area contributed by atoms with E-state index in [0.29, 0.717) is 28.8 Å². The second-order valence-electron chi connectivity index (χ2n) is 5.77. The van der Waals surface area contributed by atoms with Crippen LogP contribution in [0.2, 0.25) is 5.02 Å². The van der Waals surface area contributed by atoms with Crippen molar-refractivity contribution in [1.82, 2.24) is 0 Å². The quantitative estimate of drug-likeness (QED) is 0.857. The number of rotatable bonds is 2. The zero-order valence-corrected chi connectivity index (χ0v) is 11.8. The molecular weight excluding hydrogens is 249 g/mol. The van der Waals surface area contributed by atoms with Gasteiger partial charge in [0.05, 0.1) is 0 Å². The third-order valence-electron chi connectivity index (χ3n) is 4.63. The van der Waals surface area contributed by atoms with E-state index in [1.165, 1.54) is 12.5 Å². The maximum absolute atomic E-state index is 13.9. The second-order valence-corrected chi connectivity index (χ2v) is 6.18. The maximum Gasteiger partial charge on any atom is 0.127 e. The SMILES string of the molecule is CC1CCCC(N)(Cc2c(F)cccc2Cl)C1C. The second kappa shape index (κ2) is 5.18. The molecular formula is C15H21ClFN. The first-order valence-electron chi connectivity index (χ1n) is 6.66. The zero-order chi connectivity index (χ0) is 13.3. The van der Waals surface area contributed by atoms with Gasteiger partial charge in [0.25, 0.3) is 0 Å². The minimum Gasteiger partial charge on any atom is -0.325 e. The molecule has 0 aromatic heterocycles. The van der Waals surface area contributed by atoms with E-state index in [9.17, 15) is 4.39 Å². The average Bonchev–Trinajstić information content (AvgIpc) is 2.31. The van der Waals surface area contributed by atoms with Crippen LogP contribution in [0.4, 0.5) is 4.39 Å². The maximum atomic E-state index is 13.9. The van der Waals surface area contributed by atoms with Gasteiger partial charge in [-0.2, -0.15) is 0 Å². The van der Waals surface area contributed by atoms with Crippen LogP contribution in [0.3, 0.4) is 0 Å². The fourth-order valence-corrected chi connectivity index (χ4v) is 3.31. The van der Waals surface area contributed by atoms with Gasteiger partial charge in [0, 0.05) is 16.1 Å². The molecule has 0 aliphatic heterocycles. The molecule has 1 aromatic carbocycles. The summed E-state index contributed by atoms with van der Waals surface area (Å²) >= 11 is 6.10. The summed E-state index contributed by atoms with van der Waals surface area (Å²) in [4.78, 5) is 0. The van der Waals surface area contributed by atoms with Crippen molar-refractivity contribution in [2.75, 3.05) is 0 Å². The smallest absolute Gasteiger partial charge is 0.127 e. The Morgan fingerprint density at radius 3 is 2.83 bits per heavy atom. The monoisotopic (exact) mass is 269 g/mol. The van der Waals surface area contributed by atoms with Gasteiger partial charge in [-0.3, -0.25) is 0 Å². The summed E-state index contributed by atoms with van der Waals surface area (Å²) in [6.45, 7) is 4.41. The van der Waals surface area contributed by atoms with E-state index in [1.807, 2.05) is 0 Å². The van der Waals surface area contributed by atoms with Crippen molar-refractivity contribution in [3.05, 3.63) is 34.6 Å². The Morgan fingerprint density at radius 2 is 2.17 bits per heavy atom. The Hall–Kier alpha value is -0.600. The molecule has 100 valence electrons. The molecule has 0 amide bonds. The molecule has 0 spiro atoms. The van der Waals surface area contributed by atoms with Crippen molar-refractivity contribution in [1.29, 1.82) is 0 Å². The van der Waals surface area contributed by atoms with Gasteiger partial charge in [0.1, 0.15) is 5.82 Å².